The van der Waals surface area contributed by atoms with E-state index in [1.165, 1.54) is 31.3 Å². The van der Waals surface area contributed by atoms with E-state index in [0.717, 1.165) is 0 Å². The first-order valence-corrected chi connectivity index (χ1v) is 6.01. The number of nitro benzene ring substituents is 1. The van der Waals surface area contributed by atoms with Crippen LogP contribution in [-0.2, 0) is 6.54 Å². The van der Waals surface area contributed by atoms with Crippen LogP contribution in [0.3, 0.4) is 0 Å². The van der Waals surface area contributed by atoms with E-state index >= 15 is 0 Å². The number of ketones is 1. The predicted octanol–water partition coefficient (Wildman–Crippen LogP) is 2.81. The van der Waals surface area contributed by atoms with Gasteiger partial charge in [-0.3, -0.25) is 19.6 Å². The molecule has 1 aromatic heterocycles. The minimum atomic E-state index is -0.550. The molecule has 0 fully saturated rings. The molecule has 20 heavy (non-hydrogen) atoms. The summed E-state index contributed by atoms with van der Waals surface area (Å²) in [6, 6.07) is 3.92. The highest BCUT2D eigenvalue weighted by molar-refractivity contribution is 5.97. The second kappa shape index (κ2) is 5.52. The Morgan fingerprint density at radius 2 is 2.25 bits per heavy atom. The van der Waals surface area contributed by atoms with E-state index in [-0.39, 0.29) is 22.8 Å². The smallest absolute Gasteiger partial charge is 0.270 e. The minimum absolute atomic E-state index is 0.146. The molecule has 0 aliphatic rings. The Bertz CT molecular complexity index is 663. The highest BCUT2D eigenvalue weighted by Crippen LogP contribution is 2.28. The van der Waals surface area contributed by atoms with E-state index in [0.29, 0.717) is 12.3 Å². The molecular formula is C13H13N3O4. The number of nitrogens with zero attached hydrogens (tertiary/aromatic N) is 3. The van der Waals surface area contributed by atoms with Gasteiger partial charge in [0.1, 0.15) is 5.75 Å². The summed E-state index contributed by atoms with van der Waals surface area (Å²) < 4.78 is 7.24. The maximum absolute atomic E-state index is 11.6. The Hall–Kier alpha value is -2.70. The molecule has 2 rings (SSSR count). The molecule has 7 heteroatoms. The number of ether oxygens (including phenoxy) is 1. The second-order valence-corrected chi connectivity index (χ2v) is 4.13. The number of hydrogen-bond acceptors (Lipinski definition) is 5. The van der Waals surface area contributed by atoms with Crippen LogP contribution >= 0.6 is 0 Å². The van der Waals surface area contributed by atoms with Crippen molar-refractivity contribution < 1.29 is 14.5 Å². The Morgan fingerprint density at radius 1 is 1.50 bits per heavy atom. The molecule has 104 valence electrons. The van der Waals surface area contributed by atoms with Crippen LogP contribution in [0.15, 0.2) is 30.6 Å². The fourth-order valence-electron chi connectivity index (χ4n) is 1.69. The van der Waals surface area contributed by atoms with Gasteiger partial charge in [0.2, 0.25) is 0 Å². The zero-order chi connectivity index (χ0) is 14.7. The van der Waals surface area contributed by atoms with Gasteiger partial charge in [-0.1, -0.05) is 0 Å². The molecule has 0 aliphatic heterocycles. The molecule has 0 saturated heterocycles. The molecular weight excluding hydrogens is 262 g/mol. The Labute approximate surface area is 114 Å². The van der Waals surface area contributed by atoms with Crippen LogP contribution < -0.4 is 4.74 Å². The largest absolute Gasteiger partial charge is 0.453 e. The number of aromatic nitrogens is 2. The van der Waals surface area contributed by atoms with E-state index in [1.807, 2.05) is 6.92 Å². The van der Waals surface area contributed by atoms with Gasteiger partial charge in [0.15, 0.2) is 11.5 Å². The van der Waals surface area contributed by atoms with Crippen molar-refractivity contribution in [2.45, 2.75) is 20.4 Å². The van der Waals surface area contributed by atoms with Crippen LogP contribution in [0.5, 0.6) is 11.5 Å². The highest BCUT2D eigenvalue weighted by atomic mass is 16.6. The summed E-state index contributed by atoms with van der Waals surface area (Å²) in [5.74, 6) is 0.452. The summed E-state index contributed by atoms with van der Waals surface area (Å²) in [4.78, 5) is 21.7. The summed E-state index contributed by atoms with van der Waals surface area (Å²) in [6.45, 7) is 3.97. The number of aryl methyl sites for hydroxylation is 1. The fraction of sp³-hybridized carbons (Fsp3) is 0.231. The van der Waals surface area contributed by atoms with Crippen molar-refractivity contribution in [2.75, 3.05) is 0 Å². The van der Waals surface area contributed by atoms with Crippen LogP contribution in [0.1, 0.15) is 24.2 Å². The zero-order valence-electron chi connectivity index (χ0n) is 11.1. The number of Topliss-reactive ketones (excluding diaryl/α,β-unsaturated/α-hetero) is 1. The van der Waals surface area contributed by atoms with Crippen LogP contribution in [0, 0.1) is 10.1 Å². The number of benzene rings is 1. The zero-order valence-corrected chi connectivity index (χ0v) is 11.1. The standard InChI is InChI=1S/C13H13N3O4/c1-3-15-8-11(7-14-15)20-13-5-4-10(16(18)19)6-12(13)9(2)17/h4-8H,3H2,1-2H3. The maximum atomic E-state index is 11.6. The van der Waals surface area contributed by atoms with E-state index in [9.17, 15) is 14.9 Å². The molecule has 0 bridgehead atoms. The number of carbonyl (C=O) groups is 1. The quantitative estimate of drug-likeness (QED) is 0.475. The molecule has 0 unspecified atom stereocenters. The Morgan fingerprint density at radius 3 is 2.80 bits per heavy atom. The molecule has 0 amide bonds. The van der Waals surface area contributed by atoms with Gasteiger partial charge in [0.25, 0.3) is 5.69 Å². The lowest BCUT2D eigenvalue weighted by Crippen LogP contribution is -1.99. The monoisotopic (exact) mass is 275 g/mol. The summed E-state index contributed by atoms with van der Waals surface area (Å²) >= 11 is 0. The van der Waals surface area contributed by atoms with E-state index in [1.54, 1.807) is 10.9 Å². The van der Waals surface area contributed by atoms with Gasteiger partial charge in [-0.25, -0.2) is 0 Å². The van der Waals surface area contributed by atoms with Crippen molar-refractivity contribution in [1.29, 1.82) is 0 Å². The van der Waals surface area contributed by atoms with Crippen molar-refractivity contribution in [2.24, 2.45) is 0 Å². The van der Waals surface area contributed by atoms with E-state index in [4.69, 9.17) is 4.74 Å². The van der Waals surface area contributed by atoms with E-state index < -0.39 is 4.92 Å². The van der Waals surface area contributed by atoms with Gasteiger partial charge in [-0.05, 0) is 19.9 Å². The summed E-state index contributed by atoms with van der Waals surface area (Å²) in [5, 5.41) is 14.8. The number of rotatable bonds is 5. The van der Waals surface area contributed by atoms with Gasteiger partial charge in [0, 0.05) is 18.7 Å². The first kappa shape index (κ1) is 13.7. The van der Waals surface area contributed by atoms with Crippen molar-refractivity contribution >= 4 is 11.5 Å². The highest BCUT2D eigenvalue weighted by Gasteiger charge is 2.16. The predicted molar refractivity (Wildman–Crippen MR) is 71.1 cm³/mol. The average Bonchev–Trinajstić information content (AvgIpc) is 2.86. The summed E-state index contributed by atoms with van der Waals surface area (Å²) in [5.41, 5.74) is 0.0234. The lowest BCUT2D eigenvalue weighted by Gasteiger charge is -2.07. The third-order valence-corrected chi connectivity index (χ3v) is 2.71. The molecule has 0 spiro atoms. The normalized spacial score (nSPS) is 10.3. The third kappa shape index (κ3) is 2.82. The molecule has 0 N–H and O–H groups in total. The van der Waals surface area contributed by atoms with E-state index in [2.05, 4.69) is 5.10 Å². The number of carbonyl (C=O) groups excluding carboxylic acids is 1. The molecule has 7 nitrogen and oxygen atoms in total. The van der Waals surface area contributed by atoms with Crippen molar-refractivity contribution in [3.63, 3.8) is 0 Å². The van der Waals surface area contributed by atoms with Gasteiger partial charge < -0.3 is 4.74 Å². The number of non-ortho nitro benzene ring substituents is 1. The molecule has 0 aliphatic carbocycles. The Balaban J connectivity index is 2.35. The van der Waals surface area contributed by atoms with Crippen LogP contribution in [0.4, 0.5) is 5.69 Å². The first-order chi connectivity index (χ1) is 9.51. The molecule has 0 radical (unpaired) electrons. The second-order valence-electron chi connectivity index (χ2n) is 4.13. The fourth-order valence-corrected chi connectivity index (χ4v) is 1.69. The molecule has 0 atom stereocenters. The number of hydrogen-bond donors (Lipinski definition) is 0. The topological polar surface area (TPSA) is 87.3 Å². The molecule has 1 aromatic carbocycles. The lowest BCUT2D eigenvalue weighted by molar-refractivity contribution is -0.384. The first-order valence-electron chi connectivity index (χ1n) is 6.01. The Kier molecular flexibility index (Phi) is 3.79. The van der Waals surface area contributed by atoms with Gasteiger partial charge in [-0.15, -0.1) is 0 Å². The van der Waals surface area contributed by atoms with Crippen LogP contribution in [0.25, 0.3) is 0 Å². The molecule has 2 aromatic rings. The third-order valence-electron chi connectivity index (χ3n) is 2.71. The van der Waals surface area contributed by atoms with Crippen LogP contribution in [-0.4, -0.2) is 20.5 Å². The van der Waals surface area contributed by atoms with Gasteiger partial charge in [0.05, 0.1) is 22.9 Å². The number of nitro groups is 1. The minimum Gasteiger partial charge on any atom is -0.453 e. The summed E-state index contributed by atoms with van der Waals surface area (Å²) in [7, 11) is 0. The molecule has 1 heterocycles. The maximum Gasteiger partial charge on any atom is 0.270 e. The van der Waals surface area contributed by atoms with Crippen molar-refractivity contribution in [3.05, 3.63) is 46.3 Å². The lowest BCUT2D eigenvalue weighted by atomic mass is 10.1. The SMILES string of the molecule is CCn1cc(Oc2ccc([N+](=O)[O-])cc2C(C)=O)cn1. The van der Waals surface area contributed by atoms with Crippen molar-refractivity contribution in [1.82, 2.24) is 9.78 Å². The summed E-state index contributed by atoms with van der Waals surface area (Å²) in [6.07, 6.45) is 3.21. The average molecular weight is 275 g/mol. The van der Waals surface area contributed by atoms with Gasteiger partial charge >= 0.3 is 0 Å². The van der Waals surface area contributed by atoms with Crippen LogP contribution in [0.2, 0.25) is 0 Å². The van der Waals surface area contributed by atoms with Gasteiger partial charge in [-0.2, -0.15) is 5.10 Å². The van der Waals surface area contributed by atoms with Crippen molar-refractivity contribution in [3.8, 4) is 11.5 Å². The molecule has 0 saturated carbocycles.